The molecule has 1 aliphatic rings. The average molecular weight is 204 g/mol. The van der Waals surface area contributed by atoms with Crippen LogP contribution in [0.1, 0.15) is 5.69 Å². The van der Waals surface area contributed by atoms with E-state index in [0.29, 0.717) is 0 Å². The number of halogens is 1. The van der Waals surface area contributed by atoms with Crippen molar-refractivity contribution in [1.82, 2.24) is 9.88 Å². The second-order valence-electron chi connectivity index (χ2n) is 3.99. The molecule has 3 heteroatoms. The molecule has 0 fully saturated rings. The van der Waals surface area contributed by atoms with Gasteiger partial charge in [0, 0.05) is 42.7 Å². The molecule has 0 saturated heterocycles. The third-order valence-electron chi connectivity index (χ3n) is 3.02. The summed E-state index contributed by atoms with van der Waals surface area (Å²) in [5.41, 5.74) is 2.45. The molecule has 78 valence electrons. The van der Waals surface area contributed by atoms with E-state index in [1.54, 1.807) is 6.07 Å². The van der Waals surface area contributed by atoms with Crippen LogP contribution in [-0.4, -0.2) is 17.7 Å². The third kappa shape index (κ3) is 1.43. The fraction of sp³-hybridized carbons (Fsp3) is 0.333. The van der Waals surface area contributed by atoms with Crippen molar-refractivity contribution in [2.45, 2.75) is 13.0 Å². The molecule has 2 heterocycles. The Labute approximate surface area is 87.7 Å². The Morgan fingerprint density at radius 1 is 1.20 bits per heavy atom. The summed E-state index contributed by atoms with van der Waals surface area (Å²) < 4.78 is 15.3. The molecular weight excluding hydrogens is 191 g/mol. The van der Waals surface area contributed by atoms with Crippen LogP contribution in [0.2, 0.25) is 0 Å². The average Bonchev–Trinajstić information content (AvgIpc) is 2.42. The second kappa shape index (κ2) is 3.35. The van der Waals surface area contributed by atoms with Crippen LogP contribution in [-0.2, 0) is 13.0 Å². The lowest BCUT2D eigenvalue weighted by atomic mass is 10.2. The summed E-state index contributed by atoms with van der Waals surface area (Å²) in [6, 6.07) is 7.13. The van der Waals surface area contributed by atoms with Gasteiger partial charge in [-0.25, -0.2) is 4.39 Å². The molecule has 3 rings (SSSR count). The number of hydrogen-bond acceptors (Lipinski definition) is 1. The van der Waals surface area contributed by atoms with Crippen LogP contribution in [0, 0.1) is 5.82 Å². The van der Waals surface area contributed by atoms with Crippen LogP contribution in [0.25, 0.3) is 10.9 Å². The highest BCUT2D eigenvalue weighted by Crippen LogP contribution is 2.22. The summed E-state index contributed by atoms with van der Waals surface area (Å²) in [5, 5.41) is 4.38. The van der Waals surface area contributed by atoms with E-state index in [-0.39, 0.29) is 5.82 Å². The Balaban J connectivity index is 2.23. The van der Waals surface area contributed by atoms with E-state index < -0.39 is 0 Å². The minimum absolute atomic E-state index is 0.151. The van der Waals surface area contributed by atoms with Gasteiger partial charge in [0.15, 0.2) is 0 Å². The van der Waals surface area contributed by atoms with Crippen molar-refractivity contribution in [2.24, 2.45) is 0 Å². The molecular formula is C12H13FN2. The maximum atomic E-state index is 13.1. The Hall–Kier alpha value is -1.35. The summed E-state index contributed by atoms with van der Waals surface area (Å²) in [5.74, 6) is -0.151. The Bertz CT molecular complexity index is 502. The van der Waals surface area contributed by atoms with E-state index in [4.69, 9.17) is 0 Å². The highest BCUT2D eigenvalue weighted by molar-refractivity contribution is 5.81. The molecule has 1 N–H and O–H groups in total. The van der Waals surface area contributed by atoms with Crippen molar-refractivity contribution >= 4 is 10.9 Å². The first-order valence-electron chi connectivity index (χ1n) is 5.33. The maximum Gasteiger partial charge on any atom is 0.123 e. The van der Waals surface area contributed by atoms with Crippen LogP contribution in [0.5, 0.6) is 0 Å². The van der Waals surface area contributed by atoms with Crippen LogP contribution in [0.3, 0.4) is 0 Å². The Morgan fingerprint density at radius 3 is 3.07 bits per heavy atom. The SMILES string of the molecule is Fc1ccc2c(c1)cc1n2CCNCC1. The Kier molecular flexibility index (Phi) is 1.99. The van der Waals surface area contributed by atoms with Gasteiger partial charge < -0.3 is 9.88 Å². The minimum atomic E-state index is -0.151. The summed E-state index contributed by atoms with van der Waals surface area (Å²) in [6.45, 7) is 2.98. The van der Waals surface area contributed by atoms with Gasteiger partial charge in [0.25, 0.3) is 0 Å². The van der Waals surface area contributed by atoms with Crippen molar-refractivity contribution in [3.8, 4) is 0 Å². The van der Waals surface area contributed by atoms with Gasteiger partial charge in [0.2, 0.25) is 0 Å². The molecule has 0 spiro atoms. The van der Waals surface area contributed by atoms with E-state index >= 15 is 0 Å². The second-order valence-corrected chi connectivity index (χ2v) is 3.99. The van der Waals surface area contributed by atoms with Gasteiger partial charge >= 0.3 is 0 Å². The smallest absolute Gasteiger partial charge is 0.123 e. The maximum absolute atomic E-state index is 13.1. The molecule has 2 nitrogen and oxygen atoms in total. The molecule has 2 aromatic rings. The number of aromatic nitrogens is 1. The predicted octanol–water partition coefficient (Wildman–Crippen LogP) is 1.93. The molecule has 0 unspecified atom stereocenters. The molecule has 0 bridgehead atoms. The summed E-state index contributed by atoms with van der Waals surface area (Å²) in [6.07, 6.45) is 1.02. The van der Waals surface area contributed by atoms with Crippen molar-refractivity contribution in [3.63, 3.8) is 0 Å². The number of rotatable bonds is 0. The van der Waals surface area contributed by atoms with Gasteiger partial charge in [-0.05, 0) is 24.3 Å². The molecule has 0 aliphatic carbocycles. The van der Waals surface area contributed by atoms with Gasteiger partial charge in [-0.15, -0.1) is 0 Å². The third-order valence-corrected chi connectivity index (χ3v) is 3.02. The molecule has 1 aliphatic heterocycles. The van der Waals surface area contributed by atoms with Crippen molar-refractivity contribution in [1.29, 1.82) is 0 Å². The predicted molar refractivity (Wildman–Crippen MR) is 58.5 cm³/mol. The quantitative estimate of drug-likeness (QED) is 0.693. The topological polar surface area (TPSA) is 17.0 Å². The van der Waals surface area contributed by atoms with Crippen molar-refractivity contribution in [2.75, 3.05) is 13.1 Å². The molecule has 15 heavy (non-hydrogen) atoms. The number of benzene rings is 1. The van der Waals surface area contributed by atoms with Crippen LogP contribution in [0.15, 0.2) is 24.3 Å². The number of hydrogen-bond donors (Lipinski definition) is 1. The highest BCUT2D eigenvalue weighted by Gasteiger charge is 2.11. The molecule has 0 amide bonds. The van der Waals surface area contributed by atoms with Gasteiger partial charge in [-0.2, -0.15) is 0 Å². The lowest BCUT2D eigenvalue weighted by Crippen LogP contribution is -2.17. The molecule has 0 atom stereocenters. The van der Waals surface area contributed by atoms with E-state index in [0.717, 1.165) is 37.0 Å². The summed E-state index contributed by atoms with van der Waals surface area (Å²) >= 11 is 0. The Morgan fingerprint density at radius 2 is 2.13 bits per heavy atom. The van der Waals surface area contributed by atoms with E-state index in [1.165, 1.54) is 11.8 Å². The lowest BCUT2D eigenvalue weighted by Gasteiger charge is -2.05. The normalized spacial score (nSPS) is 16.3. The first-order chi connectivity index (χ1) is 7.34. The fourth-order valence-electron chi connectivity index (χ4n) is 2.30. The lowest BCUT2D eigenvalue weighted by molar-refractivity contribution is 0.628. The van der Waals surface area contributed by atoms with Crippen LogP contribution in [0.4, 0.5) is 4.39 Å². The van der Waals surface area contributed by atoms with E-state index in [9.17, 15) is 4.39 Å². The number of nitrogens with zero attached hydrogens (tertiary/aromatic N) is 1. The monoisotopic (exact) mass is 204 g/mol. The first kappa shape index (κ1) is 8.92. The van der Waals surface area contributed by atoms with Gasteiger partial charge in [-0.3, -0.25) is 0 Å². The first-order valence-corrected chi connectivity index (χ1v) is 5.33. The van der Waals surface area contributed by atoms with E-state index in [2.05, 4.69) is 16.0 Å². The number of nitrogens with one attached hydrogen (secondary N) is 1. The van der Waals surface area contributed by atoms with Crippen molar-refractivity contribution < 1.29 is 4.39 Å². The zero-order chi connectivity index (χ0) is 10.3. The standard InChI is InChI=1S/C12H13FN2/c13-10-1-2-12-9(7-10)8-11-3-4-14-5-6-15(11)12/h1-2,7-8,14H,3-6H2. The van der Waals surface area contributed by atoms with Gasteiger partial charge in [-0.1, -0.05) is 0 Å². The van der Waals surface area contributed by atoms with Gasteiger partial charge in [0.1, 0.15) is 5.82 Å². The van der Waals surface area contributed by atoms with E-state index in [1.807, 2.05) is 6.07 Å². The minimum Gasteiger partial charge on any atom is -0.343 e. The number of fused-ring (bicyclic) bond motifs is 3. The molecule has 0 radical (unpaired) electrons. The van der Waals surface area contributed by atoms with Crippen molar-refractivity contribution in [3.05, 3.63) is 35.8 Å². The summed E-state index contributed by atoms with van der Waals surface area (Å²) in [7, 11) is 0. The molecule has 0 saturated carbocycles. The largest absolute Gasteiger partial charge is 0.343 e. The van der Waals surface area contributed by atoms with Gasteiger partial charge in [0.05, 0.1) is 0 Å². The summed E-state index contributed by atoms with van der Waals surface area (Å²) in [4.78, 5) is 0. The zero-order valence-electron chi connectivity index (χ0n) is 8.46. The van der Waals surface area contributed by atoms with Crippen LogP contribution >= 0.6 is 0 Å². The van der Waals surface area contributed by atoms with Crippen LogP contribution < -0.4 is 5.32 Å². The molecule has 1 aromatic heterocycles. The molecule has 1 aromatic carbocycles. The zero-order valence-corrected chi connectivity index (χ0v) is 8.46. The highest BCUT2D eigenvalue weighted by atomic mass is 19.1. The fourth-order valence-corrected chi connectivity index (χ4v) is 2.30.